The summed E-state index contributed by atoms with van der Waals surface area (Å²) in [5.74, 6) is 3.01. The SMILES string of the molecule is COc1ccc(/C=C/C(=O)N2CCCC2c2nc(C3CC3)no2)cc1OC. The molecule has 7 heteroatoms. The molecule has 1 aliphatic heterocycles. The van der Waals surface area contributed by atoms with Gasteiger partial charge in [-0.25, -0.2) is 0 Å². The zero-order chi connectivity index (χ0) is 18.8. The Morgan fingerprint density at radius 2 is 2.04 bits per heavy atom. The molecule has 2 aliphatic rings. The maximum atomic E-state index is 12.7. The lowest BCUT2D eigenvalue weighted by atomic mass is 10.1. The molecule has 1 aromatic carbocycles. The van der Waals surface area contributed by atoms with Gasteiger partial charge in [0, 0.05) is 18.5 Å². The van der Waals surface area contributed by atoms with E-state index in [1.807, 2.05) is 18.2 Å². The zero-order valence-corrected chi connectivity index (χ0v) is 15.6. The molecule has 1 saturated carbocycles. The highest BCUT2D eigenvalue weighted by Crippen LogP contribution is 2.39. The molecule has 1 aliphatic carbocycles. The van der Waals surface area contributed by atoms with Gasteiger partial charge in [0.2, 0.25) is 11.8 Å². The summed E-state index contributed by atoms with van der Waals surface area (Å²) in [7, 11) is 3.18. The molecule has 4 rings (SSSR count). The molecule has 27 heavy (non-hydrogen) atoms. The molecule has 1 unspecified atom stereocenters. The fraction of sp³-hybridized carbons (Fsp3) is 0.450. The molecule has 2 fully saturated rings. The highest BCUT2D eigenvalue weighted by molar-refractivity contribution is 5.92. The van der Waals surface area contributed by atoms with E-state index in [-0.39, 0.29) is 11.9 Å². The lowest BCUT2D eigenvalue weighted by Gasteiger charge is -2.20. The number of carbonyl (C=O) groups excluding carboxylic acids is 1. The number of rotatable bonds is 6. The van der Waals surface area contributed by atoms with Gasteiger partial charge in [-0.05, 0) is 49.5 Å². The molecular weight excluding hydrogens is 346 g/mol. The van der Waals surface area contributed by atoms with Crippen molar-refractivity contribution in [3.63, 3.8) is 0 Å². The van der Waals surface area contributed by atoms with Gasteiger partial charge in [0.15, 0.2) is 17.3 Å². The molecule has 1 atom stereocenters. The third-order valence-electron chi connectivity index (χ3n) is 5.05. The Morgan fingerprint density at radius 1 is 1.22 bits per heavy atom. The minimum Gasteiger partial charge on any atom is -0.493 e. The summed E-state index contributed by atoms with van der Waals surface area (Å²) in [4.78, 5) is 19.1. The number of likely N-dealkylation sites (tertiary alicyclic amines) is 1. The smallest absolute Gasteiger partial charge is 0.249 e. The van der Waals surface area contributed by atoms with Crippen molar-refractivity contribution in [1.82, 2.24) is 15.0 Å². The number of hydrogen-bond donors (Lipinski definition) is 0. The van der Waals surface area contributed by atoms with Crippen molar-refractivity contribution in [3.05, 3.63) is 41.6 Å². The second-order valence-corrected chi connectivity index (χ2v) is 6.90. The van der Waals surface area contributed by atoms with Crippen molar-refractivity contribution in [2.45, 2.75) is 37.6 Å². The van der Waals surface area contributed by atoms with Crippen LogP contribution in [0.3, 0.4) is 0 Å². The average Bonchev–Trinajstić information content (AvgIpc) is 3.23. The average molecular weight is 369 g/mol. The fourth-order valence-corrected chi connectivity index (χ4v) is 3.40. The van der Waals surface area contributed by atoms with Crippen LogP contribution in [0.25, 0.3) is 6.08 Å². The van der Waals surface area contributed by atoms with Gasteiger partial charge in [-0.15, -0.1) is 0 Å². The van der Waals surface area contributed by atoms with Crippen molar-refractivity contribution < 1.29 is 18.8 Å². The van der Waals surface area contributed by atoms with Crippen LogP contribution in [0, 0.1) is 0 Å². The highest BCUT2D eigenvalue weighted by Gasteiger charge is 2.35. The summed E-state index contributed by atoms with van der Waals surface area (Å²) in [6, 6.07) is 5.41. The van der Waals surface area contributed by atoms with Gasteiger partial charge in [0.25, 0.3) is 0 Å². The summed E-state index contributed by atoms with van der Waals surface area (Å²) in [6.07, 6.45) is 7.39. The first kappa shape index (κ1) is 17.6. The molecule has 1 amide bonds. The predicted octanol–water partition coefficient (Wildman–Crippen LogP) is 3.34. The topological polar surface area (TPSA) is 77.7 Å². The second-order valence-electron chi connectivity index (χ2n) is 6.90. The first-order valence-corrected chi connectivity index (χ1v) is 9.24. The van der Waals surface area contributed by atoms with Crippen molar-refractivity contribution >= 4 is 12.0 Å². The van der Waals surface area contributed by atoms with Crippen LogP contribution in [0.4, 0.5) is 0 Å². The molecule has 0 spiro atoms. The molecule has 2 aromatic rings. The zero-order valence-electron chi connectivity index (χ0n) is 15.6. The number of hydrogen-bond acceptors (Lipinski definition) is 6. The quantitative estimate of drug-likeness (QED) is 0.727. The van der Waals surface area contributed by atoms with E-state index in [0.717, 1.165) is 37.1 Å². The van der Waals surface area contributed by atoms with Crippen LogP contribution in [0.15, 0.2) is 28.8 Å². The summed E-state index contributed by atoms with van der Waals surface area (Å²) in [5.41, 5.74) is 0.866. The van der Waals surface area contributed by atoms with E-state index in [1.54, 1.807) is 31.3 Å². The van der Waals surface area contributed by atoms with Crippen LogP contribution in [0.1, 0.15) is 54.9 Å². The predicted molar refractivity (Wildman–Crippen MR) is 98.5 cm³/mol. The van der Waals surface area contributed by atoms with Crippen LogP contribution >= 0.6 is 0 Å². The van der Waals surface area contributed by atoms with Gasteiger partial charge >= 0.3 is 0 Å². The van der Waals surface area contributed by atoms with Crippen LogP contribution in [0.2, 0.25) is 0 Å². The van der Waals surface area contributed by atoms with Crippen LogP contribution < -0.4 is 9.47 Å². The molecular formula is C20H23N3O4. The number of methoxy groups -OCH3 is 2. The van der Waals surface area contributed by atoms with Gasteiger partial charge in [0.05, 0.1) is 14.2 Å². The standard InChI is InChI=1S/C20H23N3O4/c1-25-16-9-5-13(12-17(16)26-2)6-10-18(24)23-11-3-4-15(23)20-21-19(22-27-20)14-7-8-14/h5-6,9-10,12,14-15H,3-4,7-8,11H2,1-2H3/b10-6+. The summed E-state index contributed by atoms with van der Waals surface area (Å²) < 4.78 is 16.0. The van der Waals surface area contributed by atoms with Gasteiger partial charge < -0.3 is 18.9 Å². The molecule has 2 heterocycles. The second kappa shape index (κ2) is 7.42. The number of benzene rings is 1. The Hall–Kier alpha value is -2.83. The Labute approximate surface area is 157 Å². The van der Waals surface area contributed by atoms with Crippen molar-refractivity contribution in [2.75, 3.05) is 20.8 Å². The third-order valence-corrected chi connectivity index (χ3v) is 5.05. The number of ether oxygens (including phenoxy) is 2. The van der Waals surface area contributed by atoms with E-state index in [4.69, 9.17) is 14.0 Å². The van der Waals surface area contributed by atoms with E-state index in [9.17, 15) is 4.79 Å². The molecule has 0 N–H and O–H groups in total. The van der Waals surface area contributed by atoms with Crippen LogP contribution in [-0.2, 0) is 4.79 Å². The van der Waals surface area contributed by atoms with Gasteiger partial charge in [0.1, 0.15) is 6.04 Å². The Bertz CT molecular complexity index is 857. The molecule has 0 bridgehead atoms. The van der Waals surface area contributed by atoms with Gasteiger partial charge in [-0.3, -0.25) is 4.79 Å². The number of aromatic nitrogens is 2. The Morgan fingerprint density at radius 3 is 2.78 bits per heavy atom. The maximum absolute atomic E-state index is 12.7. The van der Waals surface area contributed by atoms with E-state index in [2.05, 4.69) is 10.1 Å². The van der Waals surface area contributed by atoms with Crippen molar-refractivity contribution in [3.8, 4) is 11.5 Å². The van der Waals surface area contributed by atoms with Gasteiger partial charge in [-0.1, -0.05) is 11.2 Å². The molecule has 1 saturated heterocycles. The summed E-state index contributed by atoms with van der Waals surface area (Å²) >= 11 is 0. The van der Waals surface area contributed by atoms with Crippen molar-refractivity contribution in [2.24, 2.45) is 0 Å². The van der Waals surface area contributed by atoms with E-state index in [0.29, 0.717) is 29.9 Å². The monoisotopic (exact) mass is 369 g/mol. The van der Waals surface area contributed by atoms with Crippen LogP contribution in [-0.4, -0.2) is 41.7 Å². The number of amides is 1. The molecule has 0 radical (unpaired) electrons. The van der Waals surface area contributed by atoms with E-state index < -0.39 is 0 Å². The van der Waals surface area contributed by atoms with Crippen molar-refractivity contribution in [1.29, 1.82) is 0 Å². The first-order valence-electron chi connectivity index (χ1n) is 9.24. The lowest BCUT2D eigenvalue weighted by Crippen LogP contribution is -2.29. The van der Waals surface area contributed by atoms with Gasteiger partial charge in [-0.2, -0.15) is 4.98 Å². The molecule has 1 aromatic heterocycles. The summed E-state index contributed by atoms with van der Waals surface area (Å²) in [6.45, 7) is 0.695. The molecule has 142 valence electrons. The normalized spacial score (nSPS) is 19.6. The Balaban J connectivity index is 1.47. The highest BCUT2D eigenvalue weighted by atomic mass is 16.5. The Kier molecular flexibility index (Phi) is 4.83. The first-order chi connectivity index (χ1) is 13.2. The van der Waals surface area contributed by atoms with Crippen LogP contribution in [0.5, 0.6) is 11.5 Å². The number of carbonyl (C=O) groups is 1. The number of nitrogens with zero attached hydrogens (tertiary/aromatic N) is 3. The lowest BCUT2D eigenvalue weighted by molar-refractivity contribution is -0.127. The minimum atomic E-state index is -0.132. The minimum absolute atomic E-state index is 0.0570. The third kappa shape index (κ3) is 3.67. The fourth-order valence-electron chi connectivity index (χ4n) is 3.40. The van der Waals surface area contributed by atoms with E-state index in [1.165, 1.54) is 0 Å². The molecule has 7 nitrogen and oxygen atoms in total. The summed E-state index contributed by atoms with van der Waals surface area (Å²) in [5, 5.41) is 4.08. The maximum Gasteiger partial charge on any atom is 0.249 e. The largest absolute Gasteiger partial charge is 0.493 e. The van der Waals surface area contributed by atoms with E-state index >= 15 is 0 Å².